The summed E-state index contributed by atoms with van der Waals surface area (Å²) in [6.07, 6.45) is 1.13. The molecule has 0 aliphatic rings. The van der Waals surface area contributed by atoms with Crippen LogP contribution in [0.4, 0.5) is 0 Å². The summed E-state index contributed by atoms with van der Waals surface area (Å²) in [5.41, 5.74) is 5.90. The summed E-state index contributed by atoms with van der Waals surface area (Å²) in [5, 5.41) is 0. The van der Waals surface area contributed by atoms with Gasteiger partial charge >= 0.3 is 0 Å². The molecule has 0 bridgehead atoms. The molecule has 1 rings (SSSR count). The quantitative estimate of drug-likeness (QED) is 0.638. The fourth-order valence-electron chi connectivity index (χ4n) is 1.73. The van der Waals surface area contributed by atoms with E-state index in [1.807, 2.05) is 0 Å². The molecule has 0 unspecified atom stereocenters. The van der Waals surface area contributed by atoms with E-state index >= 15 is 0 Å². The zero-order valence-electron chi connectivity index (χ0n) is 11.5. The van der Waals surface area contributed by atoms with Crippen molar-refractivity contribution in [3.05, 3.63) is 41.0 Å². The Kier molecular flexibility index (Phi) is 3.96. The molecule has 0 radical (unpaired) electrons. The van der Waals surface area contributed by atoms with Crippen molar-refractivity contribution in [3.8, 4) is 0 Å². The lowest BCUT2D eigenvalue weighted by Crippen LogP contribution is -2.10. The van der Waals surface area contributed by atoms with Gasteiger partial charge in [-0.3, -0.25) is 0 Å². The summed E-state index contributed by atoms with van der Waals surface area (Å²) in [4.78, 5) is 0. The van der Waals surface area contributed by atoms with Crippen molar-refractivity contribution in [2.75, 3.05) is 0 Å². The minimum atomic E-state index is 0.246. The second-order valence-corrected chi connectivity index (χ2v) is 5.59. The van der Waals surface area contributed by atoms with E-state index in [0.717, 1.165) is 6.42 Å². The summed E-state index contributed by atoms with van der Waals surface area (Å²) in [6.45, 7) is 13.4. The molecule has 0 saturated heterocycles. The lowest BCUT2D eigenvalue weighted by atomic mass is 9.86. The van der Waals surface area contributed by atoms with E-state index in [9.17, 15) is 0 Å². The van der Waals surface area contributed by atoms with Crippen molar-refractivity contribution < 1.29 is 0 Å². The molecule has 0 saturated carbocycles. The molecule has 0 heteroatoms. The predicted molar refractivity (Wildman–Crippen MR) is 73.7 cm³/mol. The Labute approximate surface area is 100 Å². The molecule has 88 valence electrons. The zero-order chi connectivity index (χ0) is 12.3. The predicted octanol–water partition coefficient (Wildman–Crippen LogP) is 5.19. The first-order valence-corrected chi connectivity index (χ1v) is 6.13. The molecule has 0 N–H and O–H groups in total. The maximum Gasteiger partial charge on any atom is -0.0132 e. The molecule has 16 heavy (non-hydrogen) atoms. The molecule has 0 aromatic heterocycles. The van der Waals surface area contributed by atoms with Crippen LogP contribution in [-0.2, 0) is 5.41 Å². The molecule has 0 spiro atoms. The Morgan fingerprint density at radius 3 is 1.88 bits per heavy atom. The van der Waals surface area contributed by atoms with E-state index in [1.165, 1.54) is 22.3 Å². The van der Waals surface area contributed by atoms with Crippen LogP contribution in [0.25, 0.3) is 5.57 Å². The van der Waals surface area contributed by atoms with E-state index in [0.29, 0.717) is 0 Å². The number of hydrogen-bond acceptors (Lipinski definition) is 0. The van der Waals surface area contributed by atoms with Gasteiger partial charge in [-0.1, -0.05) is 57.5 Å². The van der Waals surface area contributed by atoms with E-state index in [2.05, 4.69) is 65.8 Å². The molecule has 0 heterocycles. The van der Waals surface area contributed by atoms with Gasteiger partial charge in [-0.05, 0) is 42.4 Å². The highest BCUT2D eigenvalue weighted by atomic mass is 14.2. The molecule has 0 nitrogen and oxygen atoms in total. The Morgan fingerprint density at radius 1 is 1.00 bits per heavy atom. The van der Waals surface area contributed by atoms with Crippen LogP contribution in [0.1, 0.15) is 59.1 Å². The van der Waals surface area contributed by atoms with E-state index in [1.54, 1.807) is 0 Å². The highest BCUT2D eigenvalue weighted by molar-refractivity contribution is 5.66. The lowest BCUT2D eigenvalue weighted by Gasteiger charge is -2.19. The first kappa shape index (κ1) is 13.0. The highest BCUT2D eigenvalue weighted by Crippen LogP contribution is 2.25. The van der Waals surface area contributed by atoms with E-state index in [4.69, 9.17) is 0 Å². The summed E-state index contributed by atoms with van der Waals surface area (Å²) >= 11 is 0. The molecule has 0 atom stereocenters. The van der Waals surface area contributed by atoms with E-state index < -0.39 is 0 Å². The third-order valence-corrected chi connectivity index (χ3v) is 3.35. The van der Waals surface area contributed by atoms with Crippen LogP contribution in [-0.4, -0.2) is 0 Å². The monoisotopic (exact) mass is 216 g/mol. The van der Waals surface area contributed by atoms with Crippen molar-refractivity contribution in [1.29, 1.82) is 0 Å². The Morgan fingerprint density at radius 2 is 1.50 bits per heavy atom. The van der Waals surface area contributed by atoms with Gasteiger partial charge < -0.3 is 0 Å². The largest absolute Gasteiger partial charge is 0.0701 e. The van der Waals surface area contributed by atoms with Crippen LogP contribution in [0.5, 0.6) is 0 Å². The third-order valence-electron chi connectivity index (χ3n) is 3.35. The highest BCUT2D eigenvalue weighted by Gasteiger charge is 2.12. The van der Waals surface area contributed by atoms with E-state index in [-0.39, 0.29) is 5.41 Å². The molecular formula is C16H24. The van der Waals surface area contributed by atoms with Gasteiger partial charge in [0, 0.05) is 0 Å². The zero-order valence-corrected chi connectivity index (χ0v) is 11.5. The van der Waals surface area contributed by atoms with Crippen LogP contribution in [0.15, 0.2) is 29.8 Å². The van der Waals surface area contributed by atoms with Crippen LogP contribution in [0.2, 0.25) is 0 Å². The maximum atomic E-state index is 2.25. The lowest BCUT2D eigenvalue weighted by molar-refractivity contribution is 0.590. The summed E-state index contributed by atoms with van der Waals surface area (Å²) < 4.78 is 0. The van der Waals surface area contributed by atoms with Crippen molar-refractivity contribution in [2.24, 2.45) is 0 Å². The van der Waals surface area contributed by atoms with Crippen LogP contribution in [0, 0.1) is 0 Å². The minimum absolute atomic E-state index is 0.246. The molecule has 1 aromatic rings. The number of benzene rings is 1. The fourth-order valence-corrected chi connectivity index (χ4v) is 1.73. The first-order chi connectivity index (χ1) is 7.36. The van der Waals surface area contributed by atoms with Gasteiger partial charge in [-0.2, -0.15) is 0 Å². The third kappa shape index (κ3) is 2.98. The van der Waals surface area contributed by atoms with Crippen LogP contribution < -0.4 is 0 Å². The Balaban J connectivity index is 3.05. The molecule has 1 aromatic carbocycles. The van der Waals surface area contributed by atoms with Gasteiger partial charge in [-0.15, -0.1) is 0 Å². The van der Waals surface area contributed by atoms with Gasteiger partial charge in [0.15, 0.2) is 0 Å². The number of hydrogen-bond donors (Lipinski definition) is 0. The average Bonchev–Trinajstić information content (AvgIpc) is 2.26. The molecule has 0 fully saturated rings. The van der Waals surface area contributed by atoms with Gasteiger partial charge in [0.2, 0.25) is 0 Å². The number of rotatable bonds is 2. The summed E-state index contributed by atoms with van der Waals surface area (Å²) in [6, 6.07) is 8.99. The minimum Gasteiger partial charge on any atom is -0.0701 e. The molecule has 0 aliphatic carbocycles. The summed E-state index contributed by atoms with van der Waals surface area (Å²) in [5.74, 6) is 0. The van der Waals surface area contributed by atoms with Crippen molar-refractivity contribution in [1.82, 2.24) is 0 Å². The molecule has 0 aliphatic heterocycles. The second-order valence-electron chi connectivity index (χ2n) is 5.59. The second kappa shape index (κ2) is 4.86. The average molecular weight is 216 g/mol. The smallest absolute Gasteiger partial charge is 0.0132 e. The Hall–Kier alpha value is -1.04. The number of allylic oxidation sites excluding steroid dienone is 2. The molecular weight excluding hydrogens is 192 g/mol. The van der Waals surface area contributed by atoms with Crippen molar-refractivity contribution in [3.63, 3.8) is 0 Å². The van der Waals surface area contributed by atoms with Crippen LogP contribution in [0.3, 0.4) is 0 Å². The summed E-state index contributed by atoms with van der Waals surface area (Å²) in [7, 11) is 0. The van der Waals surface area contributed by atoms with Gasteiger partial charge in [0.25, 0.3) is 0 Å². The first-order valence-electron chi connectivity index (χ1n) is 6.13. The van der Waals surface area contributed by atoms with Crippen LogP contribution >= 0.6 is 0 Å². The standard InChI is InChI=1S/C16H24/c1-7-12(2)13(3)14-8-10-15(11-9-14)16(4,5)6/h8-11H,7H2,1-6H3/b13-12-. The van der Waals surface area contributed by atoms with Gasteiger partial charge in [0.1, 0.15) is 0 Å². The van der Waals surface area contributed by atoms with Crippen molar-refractivity contribution >= 4 is 5.57 Å². The SMILES string of the molecule is CC/C(C)=C(/C)c1ccc(C(C)(C)C)cc1. The Bertz CT molecular complexity index is 371. The van der Waals surface area contributed by atoms with Crippen molar-refractivity contribution in [2.45, 2.75) is 53.4 Å². The fraction of sp³-hybridized carbons (Fsp3) is 0.500. The maximum absolute atomic E-state index is 2.25. The topological polar surface area (TPSA) is 0 Å². The normalized spacial score (nSPS) is 13.6. The molecule has 0 amide bonds. The van der Waals surface area contributed by atoms with Gasteiger partial charge in [-0.25, -0.2) is 0 Å². The van der Waals surface area contributed by atoms with Gasteiger partial charge in [0.05, 0.1) is 0 Å².